The van der Waals surface area contributed by atoms with Crippen molar-refractivity contribution in [2.24, 2.45) is 0 Å². The number of aromatic nitrogens is 5. The summed E-state index contributed by atoms with van der Waals surface area (Å²) in [6.45, 7) is 6.77. The number of tetrazole rings is 1. The average Bonchev–Trinajstić information content (AvgIpc) is 3.43. The van der Waals surface area contributed by atoms with Crippen molar-refractivity contribution in [2.45, 2.75) is 26.1 Å². The van der Waals surface area contributed by atoms with Crippen molar-refractivity contribution >= 4 is 10.9 Å². The molecule has 40 heavy (non-hydrogen) atoms. The van der Waals surface area contributed by atoms with E-state index >= 15 is 0 Å². The Bertz CT molecular complexity index is 1640. The maximum absolute atomic E-state index is 13.6. The Balaban J connectivity index is 1.34. The van der Waals surface area contributed by atoms with Crippen molar-refractivity contribution in [1.29, 1.82) is 0 Å². The smallest absolute Gasteiger partial charge is 0.253 e. The molecule has 1 aliphatic heterocycles. The minimum absolute atomic E-state index is 0.117. The van der Waals surface area contributed by atoms with E-state index in [1.54, 1.807) is 7.11 Å². The van der Waals surface area contributed by atoms with Crippen molar-refractivity contribution in [1.82, 2.24) is 35.0 Å². The zero-order valence-electron chi connectivity index (χ0n) is 22.8. The number of aryl methyl sites for hydroxylation is 1. The molecule has 9 heteroatoms. The first-order valence-electron chi connectivity index (χ1n) is 13.6. The van der Waals surface area contributed by atoms with Gasteiger partial charge in [-0.25, -0.2) is 4.68 Å². The van der Waals surface area contributed by atoms with Crippen molar-refractivity contribution in [3.8, 4) is 5.75 Å². The Morgan fingerprint density at radius 1 is 0.900 bits per heavy atom. The van der Waals surface area contributed by atoms with E-state index in [-0.39, 0.29) is 11.6 Å². The molecule has 0 radical (unpaired) electrons. The molecule has 0 aliphatic carbocycles. The van der Waals surface area contributed by atoms with Gasteiger partial charge in [-0.05, 0) is 63.7 Å². The zero-order valence-corrected chi connectivity index (χ0v) is 22.8. The van der Waals surface area contributed by atoms with Crippen LogP contribution in [0.2, 0.25) is 0 Å². The number of nitrogens with zero attached hydrogens (tertiary/aromatic N) is 6. The molecule has 1 N–H and O–H groups in total. The number of pyridine rings is 1. The normalized spacial score (nSPS) is 15.3. The lowest BCUT2D eigenvalue weighted by Gasteiger charge is -2.38. The van der Waals surface area contributed by atoms with Gasteiger partial charge in [-0.1, -0.05) is 54.6 Å². The van der Waals surface area contributed by atoms with Crippen LogP contribution in [0.3, 0.4) is 0 Å². The lowest BCUT2D eigenvalue weighted by Crippen LogP contribution is -2.48. The fourth-order valence-corrected chi connectivity index (χ4v) is 5.48. The molecule has 0 saturated carbocycles. The maximum atomic E-state index is 13.6. The number of ether oxygens (including phenoxy) is 1. The first kappa shape index (κ1) is 25.9. The van der Waals surface area contributed by atoms with Crippen LogP contribution < -0.4 is 10.3 Å². The Labute approximate surface area is 233 Å². The van der Waals surface area contributed by atoms with E-state index in [0.29, 0.717) is 17.9 Å². The molecular formula is C31H33N7O2. The highest BCUT2D eigenvalue weighted by Crippen LogP contribution is 2.29. The zero-order chi connectivity index (χ0) is 27.5. The molecule has 2 aromatic heterocycles. The monoisotopic (exact) mass is 535 g/mol. The molecule has 6 rings (SSSR count). The van der Waals surface area contributed by atoms with Crippen molar-refractivity contribution < 1.29 is 4.74 Å². The molecule has 9 nitrogen and oxygen atoms in total. The van der Waals surface area contributed by atoms with Crippen LogP contribution in [0, 0.1) is 6.92 Å². The molecule has 1 saturated heterocycles. The third-order valence-corrected chi connectivity index (χ3v) is 7.64. The van der Waals surface area contributed by atoms with E-state index < -0.39 is 0 Å². The van der Waals surface area contributed by atoms with E-state index in [1.165, 1.54) is 5.56 Å². The molecule has 0 bridgehead atoms. The second-order valence-electron chi connectivity index (χ2n) is 10.4. The predicted molar refractivity (Wildman–Crippen MR) is 154 cm³/mol. The van der Waals surface area contributed by atoms with Gasteiger partial charge in [0, 0.05) is 43.8 Å². The summed E-state index contributed by atoms with van der Waals surface area (Å²) >= 11 is 0. The third kappa shape index (κ3) is 5.52. The van der Waals surface area contributed by atoms with Gasteiger partial charge in [0.1, 0.15) is 11.8 Å². The van der Waals surface area contributed by atoms with Gasteiger partial charge >= 0.3 is 0 Å². The SMILES string of the molecule is COc1ccc(Cn2nnnc2[C@@H](c2cc3ccc(C)cc3[nH]c2=O)N2CCN(Cc3ccccc3)CC2)cc1. The van der Waals surface area contributed by atoms with Crippen LogP contribution in [0.5, 0.6) is 5.75 Å². The fourth-order valence-electron chi connectivity index (χ4n) is 5.48. The number of rotatable bonds is 8. The number of piperazine rings is 1. The fraction of sp³-hybridized carbons (Fsp3) is 0.290. The van der Waals surface area contributed by atoms with Gasteiger partial charge in [0.25, 0.3) is 5.56 Å². The number of hydrogen-bond acceptors (Lipinski definition) is 7. The topological polar surface area (TPSA) is 92.2 Å². The van der Waals surface area contributed by atoms with Crippen LogP contribution in [0.1, 0.15) is 34.1 Å². The van der Waals surface area contributed by atoms with Gasteiger partial charge in [-0.3, -0.25) is 14.6 Å². The minimum Gasteiger partial charge on any atom is -0.497 e. The standard InChI is InChI=1S/C31H33N7O2/c1-22-8-11-25-19-27(31(39)32-28(25)18-22)29(37-16-14-36(15-17-37)20-23-6-4-3-5-7-23)30-33-34-35-38(30)21-24-9-12-26(40-2)13-10-24/h3-13,18-19,29H,14-17,20-21H2,1-2H3,(H,32,39)/t29-/m1/s1. The van der Waals surface area contributed by atoms with Gasteiger partial charge in [-0.2, -0.15) is 0 Å². The highest BCUT2D eigenvalue weighted by atomic mass is 16.5. The number of nitrogens with one attached hydrogen (secondary N) is 1. The number of H-pyrrole nitrogens is 1. The average molecular weight is 536 g/mol. The van der Waals surface area contributed by atoms with E-state index in [1.807, 2.05) is 54.1 Å². The summed E-state index contributed by atoms with van der Waals surface area (Å²) in [6, 6.07) is 26.2. The van der Waals surface area contributed by atoms with Crippen molar-refractivity contribution in [3.05, 3.63) is 117 Å². The molecule has 3 heterocycles. The van der Waals surface area contributed by atoms with Crippen LogP contribution in [0.4, 0.5) is 0 Å². The molecule has 1 atom stereocenters. The summed E-state index contributed by atoms with van der Waals surface area (Å²) in [4.78, 5) is 21.5. The van der Waals surface area contributed by atoms with E-state index in [2.05, 4.69) is 66.7 Å². The predicted octanol–water partition coefficient (Wildman–Crippen LogP) is 3.79. The van der Waals surface area contributed by atoms with Gasteiger partial charge < -0.3 is 9.72 Å². The number of aromatic amines is 1. The molecule has 5 aromatic rings. The number of fused-ring (bicyclic) bond motifs is 1. The number of benzene rings is 3. The van der Waals surface area contributed by atoms with Crippen LogP contribution in [0.25, 0.3) is 10.9 Å². The lowest BCUT2D eigenvalue weighted by molar-refractivity contribution is 0.0998. The Hall–Kier alpha value is -4.34. The van der Waals surface area contributed by atoms with Crippen LogP contribution in [0.15, 0.2) is 83.7 Å². The Morgan fingerprint density at radius 2 is 1.65 bits per heavy atom. The second-order valence-corrected chi connectivity index (χ2v) is 10.4. The van der Waals surface area contributed by atoms with E-state index in [9.17, 15) is 4.79 Å². The second kappa shape index (κ2) is 11.4. The highest BCUT2D eigenvalue weighted by molar-refractivity contribution is 5.79. The number of hydrogen-bond donors (Lipinski definition) is 1. The molecule has 1 fully saturated rings. The van der Waals surface area contributed by atoms with Crippen LogP contribution >= 0.6 is 0 Å². The van der Waals surface area contributed by atoms with Gasteiger partial charge in [-0.15, -0.1) is 5.10 Å². The molecule has 0 unspecified atom stereocenters. The van der Waals surface area contributed by atoms with Crippen molar-refractivity contribution in [2.75, 3.05) is 33.3 Å². The van der Waals surface area contributed by atoms with Gasteiger partial charge in [0.05, 0.1) is 13.7 Å². The molecular weight excluding hydrogens is 502 g/mol. The molecule has 0 spiro atoms. The molecule has 204 valence electrons. The maximum Gasteiger partial charge on any atom is 0.253 e. The van der Waals surface area contributed by atoms with Gasteiger partial charge in [0.15, 0.2) is 5.82 Å². The highest BCUT2D eigenvalue weighted by Gasteiger charge is 2.32. The summed E-state index contributed by atoms with van der Waals surface area (Å²) in [7, 11) is 1.65. The third-order valence-electron chi connectivity index (χ3n) is 7.64. The van der Waals surface area contributed by atoms with Crippen LogP contribution in [-0.4, -0.2) is 68.3 Å². The first-order valence-corrected chi connectivity index (χ1v) is 13.6. The van der Waals surface area contributed by atoms with Crippen LogP contribution in [-0.2, 0) is 13.1 Å². The quantitative estimate of drug-likeness (QED) is 0.323. The molecule has 0 amide bonds. The Kier molecular flexibility index (Phi) is 7.39. The van der Waals surface area contributed by atoms with Gasteiger partial charge in [0.2, 0.25) is 0 Å². The molecule has 3 aromatic carbocycles. The minimum atomic E-state index is -0.387. The number of methoxy groups -OCH3 is 1. The van der Waals surface area contributed by atoms with Crippen molar-refractivity contribution in [3.63, 3.8) is 0 Å². The molecule has 1 aliphatic rings. The summed E-state index contributed by atoms with van der Waals surface area (Å²) in [5.41, 5.74) is 4.82. The van der Waals surface area contributed by atoms with E-state index in [0.717, 1.165) is 60.5 Å². The first-order chi connectivity index (χ1) is 19.6. The summed E-state index contributed by atoms with van der Waals surface area (Å²) in [5.74, 6) is 1.45. The lowest BCUT2D eigenvalue weighted by atomic mass is 10.0. The summed E-state index contributed by atoms with van der Waals surface area (Å²) < 4.78 is 7.12. The summed E-state index contributed by atoms with van der Waals surface area (Å²) in [5, 5.41) is 13.9. The Morgan fingerprint density at radius 3 is 2.40 bits per heavy atom. The van der Waals surface area contributed by atoms with E-state index in [4.69, 9.17) is 4.74 Å². The largest absolute Gasteiger partial charge is 0.497 e. The summed E-state index contributed by atoms with van der Waals surface area (Å²) in [6.07, 6.45) is 0.